The van der Waals surface area contributed by atoms with Gasteiger partial charge in [-0.25, -0.2) is 9.78 Å². The number of hydrogen-bond donors (Lipinski definition) is 0. The van der Waals surface area contributed by atoms with Crippen molar-refractivity contribution in [2.45, 2.75) is 66.4 Å². The number of unbranched alkanes of at least 4 members (excludes halogenated alkanes) is 1. The summed E-state index contributed by atoms with van der Waals surface area (Å²) in [6, 6.07) is 9.94. The lowest BCUT2D eigenvalue weighted by atomic mass is 10.0. The van der Waals surface area contributed by atoms with E-state index in [-0.39, 0.29) is 17.9 Å². The zero-order chi connectivity index (χ0) is 29.1. The maximum atomic E-state index is 12.8. The first kappa shape index (κ1) is 31.1. The van der Waals surface area contributed by atoms with E-state index in [1.165, 1.54) is 6.92 Å². The van der Waals surface area contributed by atoms with E-state index in [9.17, 15) is 9.59 Å². The third-order valence-electron chi connectivity index (χ3n) is 6.42. The van der Waals surface area contributed by atoms with Crippen LogP contribution in [-0.2, 0) is 23.8 Å². The number of rotatable bonds is 13. The smallest absolute Gasteiger partial charge is 0.334 e. The second kappa shape index (κ2) is 14.8. The Bertz CT molecular complexity index is 1150. The van der Waals surface area contributed by atoms with Crippen LogP contribution in [0.2, 0.25) is 0 Å². The summed E-state index contributed by atoms with van der Waals surface area (Å²) in [5, 5.41) is 0. The fourth-order valence-corrected chi connectivity index (χ4v) is 4.36. The monoisotopic (exact) mass is 552 g/mol. The molecule has 1 aromatic heterocycles. The van der Waals surface area contributed by atoms with Crippen molar-refractivity contribution in [1.29, 1.82) is 0 Å². The molecule has 8 nitrogen and oxygen atoms in total. The molecule has 0 N–H and O–H groups in total. The molecule has 0 saturated carbocycles. The Kier molecular flexibility index (Phi) is 11.6. The minimum absolute atomic E-state index is 0.235. The highest BCUT2D eigenvalue weighted by Gasteiger charge is 2.26. The van der Waals surface area contributed by atoms with Crippen LogP contribution in [0.4, 0.5) is 5.82 Å². The number of anilines is 1. The van der Waals surface area contributed by atoms with Crippen LogP contribution in [0.15, 0.2) is 42.1 Å². The fraction of sp³-hybridized carbons (Fsp3) is 0.531. The number of carbonyl (C=O) groups is 2. The second-order valence-corrected chi connectivity index (χ2v) is 11.2. The highest BCUT2D eigenvalue weighted by molar-refractivity contribution is 5.94. The van der Waals surface area contributed by atoms with Crippen molar-refractivity contribution in [2.24, 2.45) is 5.92 Å². The summed E-state index contributed by atoms with van der Waals surface area (Å²) in [6.45, 7) is 14.6. The molecule has 0 bridgehead atoms. The maximum absolute atomic E-state index is 12.8. The largest absolute Gasteiger partial charge is 0.491 e. The Labute approximate surface area is 238 Å². The van der Waals surface area contributed by atoms with Crippen LogP contribution < -0.4 is 9.64 Å². The standard InChI is InChI=1S/C32H44N2O6/c1-7-8-15-37-16-17-38-29-11-9-26(10-12-29)28-19-27(18-23(2)31(36)40-32(4,5)6)30(33-20-28)34-14-13-25(21-34)22-39-24(3)35/h9-12,18-20,25H,7-8,13-17,21-22H2,1-6H3/b23-18+. The molecular weight excluding hydrogens is 508 g/mol. The number of aromatic nitrogens is 1. The van der Waals surface area contributed by atoms with Crippen molar-refractivity contribution < 1.29 is 28.5 Å². The van der Waals surface area contributed by atoms with Gasteiger partial charge in [0.15, 0.2) is 0 Å². The van der Waals surface area contributed by atoms with Crippen LogP contribution in [0.25, 0.3) is 17.2 Å². The van der Waals surface area contributed by atoms with Crippen LogP contribution in [0.3, 0.4) is 0 Å². The van der Waals surface area contributed by atoms with Crippen molar-refractivity contribution in [3.05, 3.63) is 47.7 Å². The van der Waals surface area contributed by atoms with Gasteiger partial charge in [-0.1, -0.05) is 25.5 Å². The summed E-state index contributed by atoms with van der Waals surface area (Å²) >= 11 is 0. The lowest BCUT2D eigenvalue weighted by Gasteiger charge is -2.22. The van der Waals surface area contributed by atoms with Crippen LogP contribution in [0.5, 0.6) is 5.75 Å². The van der Waals surface area contributed by atoms with E-state index in [0.29, 0.717) is 25.4 Å². The SMILES string of the molecule is CCCCOCCOc1ccc(-c2cnc(N3CCC(COC(C)=O)C3)c(/C=C(\C)C(=O)OC(C)(C)C)c2)cc1. The molecule has 0 spiro atoms. The first-order valence-electron chi connectivity index (χ1n) is 14.2. The van der Waals surface area contributed by atoms with Gasteiger partial charge in [0.2, 0.25) is 0 Å². The van der Waals surface area contributed by atoms with E-state index < -0.39 is 5.60 Å². The van der Waals surface area contributed by atoms with Crippen LogP contribution in [0.1, 0.15) is 66.4 Å². The maximum Gasteiger partial charge on any atom is 0.334 e. The molecule has 0 radical (unpaired) electrons. The molecule has 8 heteroatoms. The van der Waals surface area contributed by atoms with E-state index in [1.54, 1.807) is 6.92 Å². The second-order valence-electron chi connectivity index (χ2n) is 11.2. The summed E-state index contributed by atoms with van der Waals surface area (Å²) in [5.41, 5.74) is 2.66. The summed E-state index contributed by atoms with van der Waals surface area (Å²) in [6.07, 6.45) is 6.77. The van der Waals surface area contributed by atoms with Gasteiger partial charge < -0.3 is 23.8 Å². The molecule has 1 unspecified atom stereocenters. The van der Waals surface area contributed by atoms with Crippen LogP contribution >= 0.6 is 0 Å². The van der Waals surface area contributed by atoms with Crippen molar-refractivity contribution in [2.75, 3.05) is 44.4 Å². The van der Waals surface area contributed by atoms with Gasteiger partial charge in [0.05, 0.1) is 13.2 Å². The van der Waals surface area contributed by atoms with Crippen molar-refractivity contribution in [3.63, 3.8) is 0 Å². The lowest BCUT2D eigenvalue weighted by molar-refractivity contribution is -0.149. The number of carbonyl (C=O) groups excluding carboxylic acids is 2. The Hall–Kier alpha value is -3.39. The van der Waals surface area contributed by atoms with E-state index in [0.717, 1.165) is 67.2 Å². The highest BCUT2D eigenvalue weighted by atomic mass is 16.6. The minimum atomic E-state index is -0.584. The van der Waals surface area contributed by atoms with Gasteiger partial charge in [0.25, 0.3) is 0 Å². The molecule has 1 atom stereocenters. The Morgan fingerprint density at radius 2 is 1.82 bits per heavy atom. The molecule has 1 aromatic carbocycles. The third kappa shape index (κ3) is 9.97. The number of esters is 2. The average molecular weight is 553 g/mol. The van der Waals surface area contributed by atoms with E-state index in [2.05, 4.69) is 11.8 Å². The van der Waals surface area contributed by atoms with E-state index in [1.807, 2.05) is 63.4 Å². The normalized spacial score (nSPS) is 15.7. The van der Waals surface area contributed by atoms with Crippen LogP contribution in [0, 0.1) is 5.92 Å². The van der Waals surface area contributed by atoms with Gasteiger partial charge >= 0.3 is 11.9 Å². The molecule has 1 aliphatic rings. The van der Waals surface area contributed by atoms with Gasteiger partial charge in [-0.3, -0.25) is 4.79 Å². The molecule has 1 aliphatic heterocycles. The summed E-state index contributed by atoms with van der Waals surface area (Å²) in [7, 11) is 0. The minimum Gasteiger partial charge on any atom is -0.491 e. The quantitative estimate of drug-likeness (QED) is 0.168. The molecule has 40 heavy (non-hydrogen) atoms. The van der Waals surface area contributed by atoms with Gasteiger partial charge in [-0.2, -0.15) is 0 Å². The molecule has 1 saturated heterocycles. The van der Waals surface area contributed by atoms with Gasteiger partial charge in [0, 0.05) is 55.4 Å². The van der Waals surface area contributed by atoms with E-state index in [4.69, 9.17) is 23.9 Å². The molecule has 2 aromatic rings. The molecule has 1 fully saturated rings. The predicted octanol–water partition coefficient (Wildman–Crippen LogP) is 6.08. The van der Waals surface area contributed by atoms with Crippen molar-refractivity contribution in [3.8, 4) is 16.9 Å². The zero-order valence-corrected chi connectivity index (χ0v) is 24.8. The third-order valence-corrected chi connectivity index (χ3v) is 6.42. The van der Waals surface area contributed by atoms with Gasteiger partial charge in [0.1, 0.15) is 23.8 Å². The predicted molar refractivity (Wildman–Crippen MR) is 157 cm³/mol. The van der Waals surface area contributed by atoms with Crippen molar-refractivity contribution >= 4 is 23.8 Å². The molecule has 0 aliphatic carbocycles. The van der Waals surface area contributed by atoms with Crippen molar-refractivity contribution in [1.82, 2.24) is 4.98 Å². The molecular formula is C32H44N2O6. The summed E-state index contributed by atoms with van der Waals surface area (Å²) in [5.74, 6) is 1.18. The first-order valence-corrected chi connectivity index (χ1v) is 14.2. The summed E-state index contributed by atoms with van der Waals surface area (Å²) in [4.78, 5) is 31.0. The topological polar surface area (TPSA) is 87.2 Å². The number of nitrogens with zero attached hydrogens (tertiary/aromatic N) is 2. The number of pyridine rings is 1. The zero-order valence-electron chi connectivity index (χ0n) is 24.8. The van der Waals surface area contributed by atoms with Gasteiger partial charge in [-0.15, -0.1) is 0 Å². The number of ether oxygens (including phenoxy) is 4. The van der Waals surface area contributed by atoms with E-state index >= 15 is 0 Å². The average Bonchev–Trinajstić information content (AvgIpc) is 3.37. The van der Waals surface area contributed by atoms with Gasteiger partial charge in [-0.05, 0) is 70.4 Å². The number of benzene rings is 1. The molecule has 0 amide bonds. The molecule has 3 rings (SSSR count). The number of hydrogen-bond acceptors (Lipinski definition) is 8. The fourth-order valence-electron chi connectivity index (χ4n) is 4.36. The Balaban J connectivity index is 1.80. The first-order chi connectivity index (χ1) is 19.1. The highest BCUT2D eigenvalue weighted by Crippen LogP contribution is 2.31. The van der Waals surface area contributed by atoms with Crippen LogP contribution in [-0.4, -0.2) is 62.0 Å². The Morgan fingerprint density at radius 1 is 1.07 bits per heavy atom. The Morgan fingerprint density at radius 3 is 2.50 bits per heavy atom. The molecule has 218 valence electrons. The molecule has 2 heterocycles. The summed E-state index contributed by atoms with van der Waals surface area (Å²) < 4.78 is 22.2. The lowest BCUT2D eigenvalue weighted by Crippen LogP contribution is -2.25.